The lowest BCUT2D eigenvalue weighted by Gasteiger charge is -2.51. The van der Waals surface area contributed by atoms with E-state index in [1.165, 1.54) is 0 Å². The van der Waals surface area contributed by atoms with Gasteiger partial charge in [-0.1, -0.05) is 18.5 Å². The Kier molecular flexibility index (Phi) is 5.88. The third-order valence-electron chi connectivity index (χ3n) is 6.60. The Labute approximate surface area is 199 Å². The number of aromatic nitrogens is 2. The third kappa shape index (κ3) is 3.86. The van der Waals surface area contributed by atoms with Crippen molar-refractivity contribution in [2.45, 2.75) is 91.6 Å². The topological polar surface area (TPSA) is 67.8 Å². The van der Waals surface area contributed by atoms with E-state index in [4.69, 9.17) is 26.1 Å². The second-order valence-electron chi connectivity index (χ2n) is 10.1. The molecule has 7 nitrogen and oxygen atoms in total. The number of anilines is 1. The first-order chi connectivity index (χ1) is 15.4. The molecular weight excluding hydrogens is 447 g/mol. The smallest absolute Gasteiger partial charge is 0.410 e. The fraction of sp³-hybridized carbons (Fsp3) is 0.625. The average molecular weight is 479 g/mol. The van der Waals surface area contributed by atoms with E-state index in [1.807, 2.05) is 60.3 Å². The number of halogens is 2. The summed E-state index contributed by atoms with van der Waals surface area (Å²) in [6.45, 7) is 15.8. The second kappa shape index (κ2) is 8.15. The summed E-state index contributed by atoms with van der Waals surface area (Å²) in [5, 5.41) is 0.692. The molecule has 4 atom stereocenters. The van der Waals surface area contributed by atoms with Crippen LogP contribution in [-0.2, 0) is 4.74 Å². The molecule has 0 aliphatic carbocycles. The van der Waals surface area contributed by atoms with Gasteiger partial charge >= 0.3 is 6.09 Å². The Balaban J connectivity index is 1.90. The molecule has 0 radical (unpaired) electrons. The molecule has 2 aromatic rings. The largest absolute Gasteiger partial charge is 0.472 e. The van der Waals surface area contributed by atoms with Crippen LogP contribution in [0.3, 0.4) is 0 Å². The van der Waals surface area contributed by atoms with E-state index in [-0.39, 0.29) is 41.4 Å². The summed E-state index contributed by atoms with van der Waals surface area (Å²) in [5.74, 6) is 0.326. The van der Waals surface area contributed by atoms with E-state index >= 15 is 4.39 Å². The normalized spacial score (nSPS) is 24.9. The predicted molar refractivity (Wildman–Crippen MR) is 127 cm³/mol. The van der Waals surface area contributed by atoms with Gasteiger partial charge < -0.3 is 14.4 Å². The molecule has 2 aliphatic rings. The van der Waals surface area contributed by atoms with Gasteiger partial charge in [-0.15, -0.1) is 0 Å². The molecule has 2 aliphatic heterocycles. The Morgan fingerprint density at radius 3 is 2.52 bits per heavy atom. The molecule has 0 N–H and O–H groups in total. The van der Waals surface area contributed by atoms with Crippen molar-refractivity contribution in [2.75, 3.05) is 11.4 Å². The Hall–Kier alpha value is -2.35. The van der Waals surface area contributed by atoms with Crippen LogP contribution in [0.15, 0.2) is 0 Å². The van der Waals surface area contributed by atoms with Crippen LogP contribution in [0.4, 0.5) is 15.0 Å². The first kappa shape index (κ1) is 23.8. The van der Waals surface area contributed by atoms with Crippen molar-refractivity contribution < 1.29 is 18.7 Å². The van der Waals surface area contributed by atoms with Gasteiger partial charge in [0.2, 0.25) is 5.88 Å². The van der Waals surface area contributed by atoms with Gasteiger partial charge in [0.1, 0.15) is 17.5 Å². The minimum absolute atomic E-state index is 0.154. The molecule has 180 valence electrons. The van der Waals surface area contributed by atoms with Gasteiger partial charge in [-0.2, -0.15) is 4.98 Å². The lowest BCUT2D eigenvalue weighted by molar-refractivity contribution is -0.0123. The zero-order valence-corrected chi connectivity index (χ0v) is 21.2. The van der Waals surface area contributed by atoms with Crippen molar-refractivity contribution in [3.63, 3.8) is 0 Å². The quantitative estimate of drug-likeness (QED) is 0.510. The fourth-order valence-electron chi connectivity index (χ4n) is 5.15. The van der Waals surface area contributed by atoms with Crippen LogP contribution >= 0.6 is 11.6 Å². The molecule has 0 saturated carbocycles. The van der Waals surface area contributed by atoms with Crippen molar-refractivity contribution >= 4 is 34.3 Å². The number of carbonyl (C=O) groups excluding carboxylic acids is 1. The Bertz CT molecular complexity index is 1110. The molecule has 4 heterocycles. The number of nitrogens with zero attached hydrogens (tertiary/aromatic N) is 4. The first-order valence-electron chi connectivity index (χ1n) is 11.5. The Morgan fingerprint density at radius 2 is 1.91 bits per heavy atom. The van der Waals surface area contributed by atoms with Gasteiger partial charge in [0.25, 0.3) is 0 Å². The maximum atomic E-state index is 15.2. The molecule has 1 fully saturated rings. The minimum Gasteiger partial charge on any atom is -0.472 e. The summed E-state index contributed by atoms with van der Waals surface area (Å²) in [6.07, 6.45) is -0.0222. The minimum atomic E-state index is -0.603. The highest BCUT2D eigenvalue weighted by molar-refractivity contribution is 6.30. The number of aryl methyl sites for hydroxylation is 2. The average Bonchev–Trinajstić information content (AvgIpc) is 2.80. The summed E-state index contributed by atoms with van der Waals surface area (Å²) in [6, 6.07) is -0.586. The molecule has 1 saturated heterocycles. The number of pyridine rings is 2. The predicted octanol–water partition coefficient (Wildman–Crippen LogP) is 5.41. The highest BCUT2D eigenvalue weighted by Gasteiger charge is 2.48. The zero-order chi connectivity index (χ0) is 24.4. The van der Waals surface area contributed by atoms with Crippen LogP contribution in [0.2, 0.25) is 5.15 Å². The van der Waals surface area contributed by atoms with Crippen molar-refractivity contribution in [2.24, 2.45) is 0 Å². The zero-order valence-electron chi connectivity index (χ0n) is 20.5. The molecule has 3 unspecified atom stereocenters. The van der Waals surface area contributed by atoms with Gasteiger partial charge in [-0.25, -0.2) is 14.2 Å². The maximum Gasteiger partial charge on any atom is 0.410 e. The van der Waals surface area contributed by atoms with Crippen LogP contribution in [0.1, 0.15) is 59.2 Å². The van der Waals surface area contributed by atoms with Crippen molar-refractivity contribution in [1.29, 1.82) is 0 Å². The molecule has 33 heavy (non-hydrogen) atoms. The highest BCUT2D eigenvalue weighted by Crippen LogP contribution is 2.44. The van der Waals surface area contributed by atoms with E-state index in [0.717, 1.165) is 0 Å². The van der Waals surface area contributed by atoms with E-state index in [0.29, 0.717) is 40.8 Å². The number of ether oxygens (including phenoxy) is 2. The number of hydrogen-bond donors (Lipinski definition) is 0. The van der Waals surface area contributed by atoms with Crippen molar-refractivity contribution in [3.05, 3.63) is 22.2 Å². The summed E-state index contributed by atoms with van der Waals surface area (Å²) in [5.41, 5.74) is 0.820. The first-order valence-corrected chi connectivity index (χ1v) is 11.8. The third-order valence-corrected chi connectivity index (χ3v) is 6.85. The summed E-state index contributed by atoms with van der Waals surface area (Å²) in [4.78, 5) is 26.3. The van der Waals surface area contributed by atoms with Crippen molar-refractivity contribution in [1.82, 2.24) is 14.9 Å². The van der Waals surface area contributed by atoms with Gasteiger partial charge in [0, 0.05) is 17.6 Å². The number of hydrogen-bond acceptors (Lipinski definition) is 6. The molecule has 1 amide bonds. The van der Waals surface area contributed by atoms with E-state index < -0.39 is 11.4 Å². The van der Waals surface area contributed by atoms with Crippen LogP contribution in [0, 0.1) is 19.7 Å². The second-order valence-corrected chi connectivity index (χ2v) is 10.5. The summed E-state index contributed by atoms with van der Waals surface area (Å²) in [7, 11) is 0. The van der Waals surface area contributed by atoms with Gasteiger partial charge in [-0.3, -0.25) is 4.90 Å². The SMILES string of the molecule is CC[C@H]1C2C(C)Oc3nc(Cl)c(F)c4c(C)c(C)nc(c34)N2CC(C)N1C(=O)OC(C)(C)C. The van der Waals surface area contributed by atoms with Crippen LogP contribution in [-0.4, -0.2) is 57.3 Å². The summed E-state index contributed by atoms with van der Waals surface area (Å²) < 4.78 is 27.2. The van der Waals surface area contributed by atoms with Crippen LogP contribution in [0.5, 0.6) is 5.88 Å². The van der Waals surface area contributed by atoms with Gasteiger partial charge in [0.05, 0.1) is 23.5 Å². The van der Waals surface area contributed by atoms with E-state index in [9.17, 15) is 4.79 Å². The molecule has 0 bridgehead atoms. The van der Waals surface area contributed by atoms with E-state index in [2.05, 4.69) is 9.88 Å². The number of fused-ring (bicyclic) bond motifs is 2. The number of amides is 1. The number of carbonyl (C=O) groups is 1. The molecule has 9 heteroatoms. The van der Waals surface area contributed by atoms with Crippen LogP contribution in [0.25, 0.3) is 10.8 Å². The maximum absolute atomic E-state index is 15.2. The molecule has 0 spiro atoms. The Morgan fingerprint density at radius 1 is 1.24 bits per heavy atom. The van der Waals surface area contributed by atoms with Crippen LogP contribution < -0.4 is 9.64 Å². The molecule has 4 rings (SSSR count). The number of rotatable bonds is 1. The standard InChI is InChI=1S/C24H32ClFN4O3/c1-9-15-19-14(5)32-22-17-16(18(26)20(25)28-22)12(3)13(4)27-21(17)29(19)10-11(2)30(15)23(31)33-24(6,7)8/h11,14-15,19H,9-10H2,1-8H3/t11?,14?,15-,19?/m0/s1. The molecule has 2 aromatic heterocycles. The van der Waals surface area contributed by atoms with Gasteiger partial charge in [0.15, 0.2) is 11.0 Å². The van der Waals surface area contributed by atoms with Crippen molar-refractivity contribution in [3.8, 4) is 5.88 Å². The highest BCUT2D eigenvalue weighted by atomic mass is 35.5. The summed E-state index contributed by atoms with van der Waals surface area (Å²) >= 11 is 6.16. The monoisotopic (exact) mass is 478 g/mol. The molecular formula is C24H32ClFN4O3. The lowest BCUT2D eigenvalue weighted by atomic mass is 9.92. The number of piperazine rings is 1. The molecule has 0 aromatic carbocycles. The lowest BCUT2D eigenvalue weighted by Crippen LogP contribution is -2.68. The fourth-order valence-corrected chi connectivity index (χ4v) is 5.32. The van der Waals surface area contributed by atoms with E-state index in [1.54, 1.807) is 0 Å². The van der Waals surface area contributed by atoms with Gasteiger partial charge in [-0.05, 0) is 60.5 Å².